The maximum atomic E-state index is 12.3. The second-order valence-corrected chi connectivity index (χ2v) is 7.31. The van der Waals surface area contributed by atoms with Crippen LogP contribution in [0.3, 0.4) is 0 Å². The number of nitrogens with zero attached hydrogens (tertiary/aromatic N) is 1. The van der Waals surface area contributed by atoms with Crippen LogP contribution in [0.25, 0.3) is 0 Å². The Morgan fingerprint density at radius 2 is 1.96 bits per heavy atom. The highest BCUT2D eigenvalue weighted by Crippen LogP contribution is 2.36. The van der Waals surface area contributed by atoms with Crippen LogP contribution in [0.15, 0.2) is 41.5 Å². The van der Waals surface area contributed by atoms with E-state index in [0.29, 0.717) is 17.1 Å². The van der Waals surface area contributed by atoms with Gasteiger partial charge in [0.05, 0.1) is 6.21 Å². The number of carbonyl (C=O) groups is 1. The number of ether oxygens (including phenoxy) is 2. The number of rotatable bonds is 3. The molecule has 0 saturated carbocycles. The molecular weight excluding hydrogens is 348 g/mol. The highest BCUT2D eigenvalue weighted by Gasteiger charge is 2.28. The molecule has 2 aromatic rings. The topological polar surface area (TPSA) is 100 Å². The molecule has 3 N–H and O–H groups in total. The van der Waals surface area contributed by atoms with E-state index >= 15 is 0 Å². The van der Waals surface area contributed by atoms with Crippen molar-refractivity contribution in [3.63, 3.8) is 0 Å². The first-order chi connectivity index (χ1) is 12.7. The molecule has 1 heterocycles. The summed E-state index contributed by atoms with van der Waals surface area (Å²) in [5.74, 6) is 0.457. The molecule has 0 aliphatic carbocycles. The molecule has 0 bridgehead atoms. The molecule has 142 valence electrons. The monoisotopic (exact) mass is 370 g/mol. The van der Waals surface area contributed by atoms with E-state index in [2.05, 4.69) is 31.3 Å². The Balaban J connectivity index is 1.66. The maximum Gasteiger partial charge on any atom is 0.284 e. The largest absolute Gasteiger partial charge is 0.508 e. The zero-order chi connectivity index (χ0) is 19.6. The average Bonchev–Trinajstić information content (AvgIpc) is 2.61. The van der Waals surface area contributed by atoms with Gasteiger partial charge in [0.1, 0.15) is 18.1 Å². The quantitative estimate of drug-likeness (QED) is 0.570. The number of phenols is 2. The van der Waals surface area contributed by atoms with Crippen molar-refractivity contribution >= 4 is 12.1 Å². The van der Waals surface area contributed by atoms with Gasteiger partial charge in [-0.2, -0.15) is 5.10 Å². The number of aromatic hydroxyl groups is 2. The third-order valence-electron chi connectivity index (χ3n) is 4.15. The molecular formula is C20H22N2O5. The van der Waals surface area contributed by atoms with Crippen molar-refractivity contribution in [1.82, 2.24) is 5.43 Å². The van der Waals surface area contributed by atoms with Crippen molar-refractivity contribution in [3.8, 4) is 23.0 Å². The van der Waals surface area contributed by atoms with Crippen LogP contribution in [-0.4, -0.2) is 35.0 Å². The Morgan fingerprint density at radius 3 is 2.67 bits per heavy atom. The zero-order valence-corrected chi connectivity index (χ0v) is 15.4. The van der Waals surface area contributed by atoms with Gasteiger partial charge in [-0.25, -0.2) is 5.43 Å². The molecule has 0 aromatic heterocycles. The van der Waals surface area contributed by atoms with E-state index in [1.807, 2.05) is 18.2 Å². The van der Waals surface area contributed by atoms with Crippen LogP contribution >= 0.6 is 0 Å². The zero-order valence-electron chi connectivity index (χ0n) is 15.4. The van der Waals surface area contributed by atoms with E-state index < -0.39 is 12.0 Å². The number of fused-ring (bicyclic) bond motifs is 1. The molecule has 2 aromatic carbocycles. The molecule has 27 heavy (non-hydrogen) atoms. The number of carbonyl (C=O) groups excluding carboxylic acids is 1. The Kier molecular flexibility index (Phi) is 4.94. The first-order valence-electron chi connectivity index (χ1n) is 8.53. The molecule has 0 spiro atoms. The molecule has 7 heteroatoms. The highest BCUT2D eigenvalue weighted by atomic mass is 16.6. The van der Waals surface area contributed by atoms with Crippen LogP contribution in [0.5, 0.6) is 23.0 Å². The third-order valence-corrected chi connectivity index (χ3v) is 4.15. The third kappa shape index (κ3) is 4.31. The van der Waals surface area contributed by atoms with Gasteiger partial charge in [0.25, 0.3) is 5.91 Å². The van der Waals surface area contributed by atoms with E-state index in [-0.39, 0.29) is 23.5 Å². The molecule has 1 atom stereocenters. The lowest BCUT2D eigenvalue weighted by Crippen LogP contribution is -2.42. The molecule has 1 amide bonds. The normalized spacial score (nSPS) is 16.3. The summed E-state index contributed by atoms with van der Waals surface area (Å²) in [6, 6.07) is 9.78. The van der Waals surface area contributed by atoms with Gasteiger partial charge in [0.15, 0.2) is 11.5 Å². The Labute approximate surface area is 157 Å². The van der Waals surface area contributed by atoms with Crippen molar-refractivity contribution in [3.05, 3.63) is 47.5 Å². The van der Waals surface area contributed by atoms with Crippen molar-refractivity contribution < 1.29 is 24.5 Å². The summed E-state index contributed by atoms with van der Waals surface area (Å²) >= 11 is 0. The molecule has 1 aliphatic heterocycles. The fourth-order valence-electron chi connectivity index (χ4n) is 2.55. The average molecular weight is 370 g/mol. The molecule has 1 unspecified atom stereocenters. The Hall–Kier alpha value is -3.22. The van der Waals surface area contributed by atoms with Gasteiger partial charge in [0, 0.05) is 11.6 Å². The number of hydrogen-bond acceptors (Lipinski definition) is 6. The molecule has 1 aliphatic rings. The van der Waals surface area contributed by atoms with Crippen molar-refractivity contribution in [1.29, 1.82) is 0 Å². The van der Waals surface area contributed by atoms with Gasteiger partial charge in [-0.05, 0) is 35.2 Å². The van der Waals surface area contributed by atoms with E-state index in [1.165, 1.54) is 24.4 Å². The minimum Gasteiger partial charge on any atom is -0.508 e. The molecule has 0 radical (unpaired) electrons. The van der Waals surface area contributed by atoms with Crippen LogP contribution in [0, 0.1) is 0 Å². The molecule has 7 nitrogen and oxygen atoms in total. The smallest absolute Gasteiger partial charge is 0.284 e. The molecule has 0 saturated heterocycles. The van der Waals surface area contributed by atoms with Crippen LogP contribution in [0.4, 0.5) is 0 Å². The van der Waals surface area contributed by atoms with Gasteiger partial charge in [0.2, 0.25) is 6.10 Å². The standard InChI is InChI=1S/C20H22N2O5/c1-20(2,3)13-5-7-16-17(8-13)27-18(11-26-16)19(25)22-21-10-12-4-6-14(23)9-15(12)24/h4-10,18,23-24H,11H2,1-3H3,(H,22,25)/b21-10-. The van der Waals surface area contributed by atoms with E-state index in [0.717, 1.165) is 5.56 Å². The van der Waals surface area contributed by atoms with Crippen molar-refractivity contribution in [2.45, 2.75) is 32.3 Å². The number of nitrogens with one attached hydrogen (secondary N) is 1. The summed E-state index contributed by atoms with van der Waals surface area (Å²) in [6.45, 7) is 6.36. The van der Waals surface area contributed by atoms with Crippen LogP contribution in [-0.2, 0) is 10.2 Å². The van der Waals surface area contributed by atoms with E-state index in [9.17, 15) is 15.0 Å². The van der Waals surface area contributed by atoms with E-state index in [4.69, 9.17) is 9.47 Å². The number of amides is 1. The van der Waals surface area contributed by atoms with Gasteiger partial charge in [-0.15, -0.1) is 0 Å². The number of hydrogen-bond donors (Lipinski definition) is 3. The molecule has 3 rings (SSSR count). The lowest BCUT2D eigenvalue weighted by molar-refractivity contribution is -0.130. The minimum absolute atomic E-state index is 0.0516. The Bertz CT molecular complexity index is 886. The Morgan fingerprint density at radius 1 is 1.19 bits per heavy atom. The summed E-state index contributed by atoms with van der Waals surface area (Å²) in [5.41, 5.74) is 3.75. The van der Waals surface area contributed by atoms with Crippen molar-refractivity contribution in [2.24, 2.45) is 5.10 Å². The summed E-state index contributed by atoms with van der Waals surface area (Å²) in [5, 5.41) is 22.8. The number of benzene rings is 2. The predicted molar refractivity (Wildman–Crippen MR) is 101 cm³/mol. The number of hydrazone groups is 1. The lowest BCUT2D eigenvalue weighted by Gasteiger charge is -2.27. The second-order valence-electron chi connectivity index (χ2n) is 7.31. The van der Waals surface area contributed by atoms with Gasteiger partial charge < -0.3 is 19.7 Å². The van der Waals surface area contributed by atoms with Crippen LogP contribution in [0.1, 0.15) is 31.9 Å². The number of phenolic OH excluding ortho intramolecular Hbond substituents is 2. The molecule has 0 fully saturated rings. The van der Waals surface area contributed by atoms with Crippen LogP contribution in [0.2, 0.25) is 0 Å². The second kappa shape index (κ2) is 7.19. The maximum absolute atomic E-state index is 12.3. The van der Waals surface area contributed by atoms with Crippen molar-refractivity contribution in [2.75, 3.05) is 6.61 Å². The SMILES string of the molecule is CC(C)(C)c1ccc2c(c1)OC(C(=O)N/N=C\c1ccc(O)cc1O)CO2. The fourth-order valence-corrected chi connectivity index (χ4v) is 2.55. The predicted octanol–water partition coefficient (Wildman–Crippen LogP) is 2.69. The van der Waals surface area contributed by atoms with Gasteiger partial charge in [-0.1, -0.05) is 26.8 Å². The van der Waals surface area contributed by atoms with Gasteiger partial charge >= 0.3 is 0 Å². The first-order valence-corrected chi connectivity index (χ1v) is 8.53. The fraction of sp³-hybridized carbons (Fsp3) is 0.300. The minimum atomic E-state index is -0.835. The van der Waals surface area contributed by atoms with Gasteiger partial charge in [-0.3, -0.25) is 4.79 Å². The lowest BCUT2D eigenvalue weighted by atomic mass is 9.87. The highest BCUT2D eigenvalue weighted by molar-refractivity contribution is 5.86. The summed E-state index contributed by atoms with van der Waals surface area (Å²) in [7, 11) is 0. The van der Waals surface area contributed by atoms with E-state index in [1.54, 1.807) is 0 Å². The summed E-state index contributed by atoms with van der Waals surface area (Å²) in [4.78, 5) is 12.3. The summed E-state index contributed by atoms with van der Waals surface area (Å²) in [6.07, 6.45) is 0.445. The summed E-state index contributed by atoms with van der Waals surface area (Å²) < 4.78 is 11.4. The first kappa shape index (κ1) is 18.6. The van der Waals surface area contributed by atoms with Crippen LogP contribution < -0.4 is 14.9 Å².